The third kappa shape index (κ3) is 6.06. The zero-order valence-electron chi connectivity index (χ0n) is 28.5. The SMILES string of the molecule is c1ccc(N(c2ccccc2)c2cccc(N(c3cccc(N(c4ccccc4)c4ccccc4)c3)c3ccc4c(c3)sc3ccccc34)c2)cc1. The van der Waals surface area contributed by atoms with E-state index in [1.165, 1.54) is 20.2 Å². The van der Waals surface area contributed by atoms with E-state index in [4.69, 9.17) is 0 Å². The van der Waals surface area contributed by atoms with Crippen LogP contribution in [-0.4, -0.2) is 0 Å². The number of benzene rings is 8. The highest BCUT2D eigenvalue weighted by molar-refractivity contribution is 7.25. The maximum absolute atomic E-state index is 2.39. The molecule has 0 unspecified atom stereocenters. The average molecular weight is 686 g/mol. The molecule has 3 nitrogen and oxygen atoms in total. The summed E-state index contributed by atoms with van der Waals surface area (Å²) < 4.78 is 2.56. The molecule has 0 fully saturated rings. The van der Waals surface area contributed by atoms with Crippen molar-refractivity contribution in [2.75, 3.05) is 14.7 Å². The van der Waals surface area contributed by atoms with Gasteiger partial charge in [0.25, 0.3) is 0 Å². The molecule has 0 N–H and O–H groups in total. The van der Waals surface area contributed by atoms with Crippen LogP contribution in [0, 0.1) is 0 Å². The number of para-hydroxylation sites is 4. The Bertz CT molecular complexity index is 2380. The fourth-order valence-electron chi connectivity index (χ4n) is 7.05. The molecule has 0 bridgehead atoms. The maximum atomic E-state index is 2.39. The highest BCUT2D eigenvalue weighted by Crippen LogP contribution is 2.44. The fourth-order valence-corrected chi connectivity index (χ4v) is 8.19. The highest BCUT2D eigenvalue weighted by atomic mass is 32.1. The first-order chi connectivity index (χ1) is 25.8. The van der Waals surface area contributed by atoms with Crippen LogP contribution in [-0.2, 0) is 0 Å². The van der Waals surface area contributed by atoms with Crippen molar-refractivity contribution in [3.05, 3.63) is 212 Å². The van der Waals surface area contributed by atoms with E-state index in [9.17, 15) is 0 Å². The van der Waals surface area contributed by atoms with Crippen molar-refractivity contribution in [2.45, 2.75) is 0 Å². The lowest BCUT2D eigenvalue weighted by Gasteiger charge is -2.31. The van der Waals surface area contributed by atoms with Gasteiger partial charge in [0.15, 0.2) is 0 Å². The van der Waals surface area contributed by atoms with Crippen LogP contribution >= 0.6 is 11.3 Å². The first-order valence-corrected chi connectivity index (χ1v) is 18.3. The van der Waals surface area contributed by atoms with Crippen molar-refractivity contribution in [3.8, 4) is 0 Å². The van der Waals surface area contributed by atoms with Crippen LogP contribution in [0.15, 0.2) is 212 Å². The van der Waals surface area contributed by atoms with E-state index in [1.807, 2.05) is 11.3 Å². The zero-order chi connectivity index (χ0) is 34.7. The normalized spacial score (nSPS) is 11.1. The number of thiophene rings is 1. The van der Waals surface area contributed by atoms with Gasteiger partial charge in [-0.2, -0.15) is 0 Å². The van der Waals surface area contributed by atoms with Gasteiger partial charge in [0.1, 0.15) is 0 Å². The van der Waals surface area contributed by atoms with Crippen LogP contribution in [0.25, 0.3) is 20.2 Å². The molecule has 1 aromatic heterocycles. The predicted octanol–water partition coefficient (Wildman–Crippen LogP) is 14.5. The Kier molecular flexibility index (Phi) is 8.41. The van der Waals surface area contributed by atoms with Crippen LogP contribution < -0.4 is 14.7 Å². The molecule has 0 aliphatic heterocycles. The highest BCUT2D eigenvalue weighted by Gasteiger charge is 2.20. The minimum atomic E-state index is 1.07. The molecule has 0 atom stereocenters. The molecule has 52 heavy (non-hydrogen) atoms. The molecule has 1 heterocycles. The van der Waals surface area contributed by atoms with Crippen molar-refractivity contribution in [2.24, 2.45) is 0 Å². The standard InChI is InChI=1S/C48H35N3S/c1-5-17-36(18-6-1)49(37-19-7-2-8-20-37)40-25-15-27-42(33-40)51(44-31-32-46-45-29-13-14-30-47(45)52-48(46)35-44)43-28-16-26-41(34-43)50(38-21-9-3-10-22-38)39-23-11-4-12-24-39/h1-35H. The van der Waals surface area contributed by atoms with Gasteiger partial charge in [0.05, 0.1) is 0 Å². The van der Waals surface area contributed by atoms with Crippen LogP contribution in [0.5, 0.6) is 0 Å². The van der Waals surface area contributed by atoms with Gasteiger partial charge in [-0.05, 0) is 103 Å². The second-order valence-electron chi connectivity index (χ2n) is 12.7. The Hall–Kier alpha value is -6.62. The average Bonchev–Trinajstić information content (AvgIpc) is 3.58. The van der Waals surface area contributed by atoms with Crippen LogP contribution in [0.1, 0.15) is 0 Å². The summed E-state index contributed by atoms with van der Waals surface area (Å²) in [5.74, 6) is 0. The quantitative estimate of drug-likeness (QED) is 0.150. The topological polar surface area (TPSA) is 9.72 Å². The third-order valence-corrected chi connectivity index (χ3v) is 10.5. The van der Waals surface area contributed by atoms with E-state index in [0.29, 0.717) is 0 Å². The van der Waals surface area contributed by atoms with E-state index in [0.717, 1.165) is 51.2 Å². The number of anilines is 9. The van der Waals surface area contributed by atoms with Crippen molar-refractivity contribution in [1.82, 2.24) is 0 Å². The van der Waals surface area contributed by atoms with E-state index in [-0.39, 0.29) is 0 Å². The molecule has 248 valence electrons. The smallest absolute Gasteiger partial charge is 0.0482 e. The molecule has 0 aliphatic rings. The Morgan fingerprint density at radius 3 is 1.00 bits per heavy atom. The Morgan fingerprint density at radius 2 is 0.558 bits per heavy atom. The fraction of sp³-hybridized carbons (Fsp3) is 0. The zero-order valence-corrected chi connectivity index (χ0v) is 29.3. The van der Waals surface area contributed by atoms with E-state index >= 15 is 0 Å². The van der Waals surface area contributed by atoms with Gasteiger partial charge in [0, 0.05) is 71.4 Å². The lowest BCUT2D eigenvalue weighted by molar-refractivity contribution is 1.24. The Morgan fingerprint density at radius 1 is 0.231 bits per heavy atom. The molecule has 0 saturated carbocycles. The summed E-state index contributed by atoms with van der Waals surface area (Å²) in [5.41, 5.74) is 9.81. The summed E-state index contributed by atoms with van der Waals surface area (Å²) in [7, 11) is 0. The van der Waals surface area contributed by atoms with Gasteiger partial charge >= 0.3 is 0 Å². The van der Waals surface area contributed by atoms with E-state index < -0.39 is 0 Å². The lowest BCUT2D eigenvalue weighted by Crippen LogP contribution is -2.14. The van der Waals surface area contributed by atoms with Crippen molar-refractivity contribution in [3.63, 3.8) is 0 Å². The molecule has 9 aromatic rings. The molecule has 4 heteroatoms. The molecule has 8 aromatic carbocycles. The monoisotopic (exact) mass is 685 g/mol. The van der Waals surface area contributed by atoms with Gasteiger partial charge in [-0.3, -0.25) is 0 Å². The largest absolute Gasteiger partial charge is 0.310 e. The Labute approximate surface area is 308 Å². The molecular weight excluding hydrogens is 651 g/mol. The minimum absolute atomic E-state index is 1.07. The van der Waals surface area contributed by atoms with E-state index in [1.54, 1.807) is 0 Å². The van der Waals surface area contributed by atoms with Crippen LogP contribution in [0.4, 0.5) is 51.2 Å². The molecule has 0 aliphatic carbocycles. The minimum Gasteiger partial charge on any atom is -0.310 e. The number of hydrogen-bond acceptors (Lipinski definition) is 4. The van der Waals surface area contributed by atoms with Gasteiger partial charge in [-0.15, -0.1) is 11.3 Å². The summed E-state index contributed by atoms with van der Waals surface area (Å²) >= 11 is 1.85. The van der Waals surface area contributed by atoms with Crippen LogP contribution in [0.2, 0.25) is 0 Å². The summed E-state index contributed by atoms with van der Waals surface area (Å²) in [5, 5.41) is 2.58. The molecule has 0 spiro atoms. The summed E-state index contributed by atoms with van der Waals surface area (Å²) in [6.45, 7) is 0. The number of fused-ring (bicyclic) bond motifs is 3. The van der Waals surface area contributed by atoms with Gasteiger partial charge in [-0.1, -0.05) is 109 Å². The van der Waals surface area contributed by atoms with Crippen LogP contribution in [0.3, 0.4) is 0 Å². The van der Waals surface area contributed by atoms with Gasteiger partial charge in [0.2, 0.25) is 0 Å². The third-order valence-electron chi connectivity index (χ3n) is 9.37. The molecule has 0 saturated heterocycles. The first kappa shape index (κ1) is 31.4. The summed E-state index contributed by atoms with van der Waals surface area (Å²) in [6, 6.07) is 75.7. The molecular formula is C48H35N3S. The molecule has 0 radical (unpaired) electrons. The second kappa shape index (κ2) is 13.9. The molecule has 0 amide bonds. The second-order valence-corrected chi connectivity index (χ2v) is 13.8. The first-order valence-electron chi connectivity index (χ1n) is 17.5. The van der Waals surface area contributed by atoms with Gasteiger partial charge < -0.3 is 14.7 Å². The Balaban J connectivity index is 1.23. The van der Waals surface area contributed by atoms with Gasteiger partial charge in [-0.25, -0.2) is 0 Å². The number of nitrogens with zero attached hydrogens (tertiary/aromatic N) is 3. The summed E-state index contributed by atoms with van der Waals surface area (Å²) in [4.78, 5) is 7.03. The van der Waals surface area contributed by atoms with Crippen molar-refractivity contribution < 1.29 is 0 Å². The van der Waals surface area contributed by atoms with Crippen molar-refractivity contribution in [1.29, 1.82) is 0 Å². The van der Waals surface area contributed by atoms with Crippen molar-refractivity contribution >= 4 is 82.7 Å². The van der Waals surface area contributed by atoms with E-state index in [2.05, 4.69) is 227 Å². The molecule has 9 rings (SSSR count). The number of rotatable bonds is 9. The maximum Gasteiger partial charge on any atom is 0.0482 e. The lowest BCUT2D eigenvalue weighted by atomic mass is 10.1. The summed E-state index contributed by atoms with van der Waals surface area (Å²) in [6.07, 6.45) is 0. The predicted molar refractivity (Wildman–Crippen MR) is 223 cm³/mol. The number of hydrogen-bond donors (Lipinski definition) is 0.